The van der Waals surface area contributed by atoms with Crippen LogP contribution >= 0.6 is 0 Å². The molecule has 0 aliphatic heterocycles. The molecule has 1 aliphatic carbocycles. The normalized spacial score (nSPS) is 14.8. The van der Waals surface area contributed by atoms with Crippen molar-refractivity contribution in [3.8, 4) is 0 Å². The molecule has 0 unspecified atom stereocenters. The lowest BCUT2D eigenvalue weighted by Gasteiger charge is -2.20. The van der Waals surface area contributed by atoms with Crippen LogP contribution in [0.25, 0.3) is 0 Å². The Hall–Kier alpha value is -1.52. The molecule has 1 saturated carbocycles. The van der Waals surface area contributed by atoms with E-state index in [0.29, 0.717) is 12.6 Å². The summed E-state index contributed by atoms with van der Waals surface area (Å²) >= 11 is 0. The quantitative estimate of drug-likeness (QED) is 0.834. The fourth-order valence-corrected chi connectivity index (χ4v) is 2.07. The zero-order chi connectivity index (χ0) is 12.4. The van der Waals surface area contributed by atoms with E-state index >= 15 is 0 Å². The molecule has 0 saturated heterocycles. The monoisotopic (exact) mass is 236 g/mol. The van der Waals surface area contributed by atoms with Crippen molar-refractivity contribution in [3.63, 3.8) is 0 Å². The first-order valence-electron chi connectivity index (χ1n) is 6.15. The Morgan fingerprint density at radius 1 is 1.65 bits per heavy atom. The zero-order valence-electron chi connectivity index (χ0n) is 10.7. The number of hydrogen-bond acceptors (Lipinski definition) is 3. The fourth-order valence-electron chi connectivity index (χ4n) is 2.07. The molecule has 0 spiro atoms. The number of rotatable bonds is 5. The largest absolute Gasteiger partial charge is 0.373 e. The van der Waals surface area contributed by atoms with Crippen LogP contribution in [-0.2, 0) is 11.8 Å². The highest BCUT2D eigenvalue weighted by molar-refractivity contribution is 5.81. The Bertz CT molecular complexity index is 409. The Morgan fingerprint density at radius 3 is 2.82 bits per heavy atom. The van der Waals surface area contributed by atoms with Crippen molar-refractivity contribution in [1.29, 1.82) is 0 Å². The molecule has 1 heterocycles. The minimum atomic E-state index is 0.179. The summed E-state index contributed by atoms with van der Waals surface area (Å²) in [5, 5.41) is 7.39. The number of amides is 1. The molecular weight excluding hydrogens is 216 g/mol. The van der Waals surface area contributed by atoms with Crippen molar-refractivity contribution in [2.24, 2.45) is 7.05 Å². The summed E-state index contributed by atoms with van der Waals surface area (Å²) < 4.78 is 1.75. The molecule has 0 radical (unpaired) electrons. The molecule has 1 aliphatic rings. The second-order valence-corrected chi connectivity index (χ2v) is 4.57. The number of anilines is 1. The molecule has 1 fully saturated rings. The number of carbonyl (C=O) groups is 1. The van der Waals surface area contributed by atoms with Gasteiger partial charge in [0.05, 0.1) is 17.9 Å². The van der Waals surface area contributed by atoms with Crippen LogP contribution in [0.3, 0.4) is 0 Å². The van der Waals surface area contributed by atoms with E-state index in [4.69, 9.17) is 0 Å². The maximum absolute atomic E-state index is 12.0. The van der Waals surface area contributed by atoms with Crippen molar-refractivity contribution in [2.75, 3.05) is 18.4 Å². The van der Waals surface area contributed by atoms with E-state index in [1.165, 1.54) is 0 Å². The molecule has 5 heteroatoms. The Kier molecular flexibility index (Phi) is 3.36. The number of aromatic nitrogens is 2. The summed E-state index contributed by atoms with van der Waals surface area (Å²) in [7, 11) is 1.88. The molecule has 0 bridgehead atoms. The second kappa shape index (κ2) is 4.77. The maximum atomic E-state index is 12.0. The van der Waals surface area contributed by atoms with Gasteiger partial charge in [0.2, 0.25) is 5.91 Å². The fraction of sp³-hybridized carbons (Fsp3) is 0.667. The van der Waals surface area contributed by atoms with Crippen molar-refractivity contribution >= 4 is 11.6 Å². The topological polar surface area (TPSA) is 50.2 Å². The van der Waals surface area contributed by atoms with E-state index in [1.807, 2.05) is 32.0 Å². The van der Waals surface area contributed by atoms with E-state index in [0.717, 1.165) is 30.8 Å². The number of nitrogens with zero attached hydrogens (tertiary/aromatic N) is 3. The third kappa shape index (κ3) is 2.78. The summed E-state index contributed by atoms with van der Waals surface area (Å²) in [5.74, 6) is 0.179. The predicted molar refractivity (Wildman–Crippen MR) is 66.8 cm³/mol. The summed E-state index contributed by atoms with van der Waals surface area (Å²) in [6.07, 6.45) is 4.22. The Morgan fingerprint density at radius 2 is 2.35 bits per heavy atom. The van der Waals surface area contributed by atoms with Crippen LogP contribution in [-0.4, -0.2) is 39.7 Å². The van der Waals surface area contributed by atoms with E-state index < -0.39 is 0 Å². The van der Waals surface area contributed by atoms with E-state index in [-0.39, 0.29) is 5.91 Å². The van der Waals surface area contributed by atoms with Crippen molar-refractivity contribution in [3.05, 3.63) is 11.9 Å². The lowest BCUT2D eigenvalue weighted by molar-refractivity contribution is -0.129. The molecule has 94 valence electrons. The van der Waals surface area contributed by atoms with Gasteiger partial charge in [-0.05, 0) is 26.7 Å². The van der Waals surface area contributed by atoms with Crippen LogP contribution in [0.2, 0.25) is 0 Å². The molecule has 0 aromatic carbocycles. The molecule has 0 atom stereocenters. The average Bonchev–Trinajstić information content (AvgIpc) is 3.04. The van der Waals surface area contributed by atoms with E-state index in [1.54, 1.807) is 4.68 Å². The van der Waals surface area contributed by atoms with Gasteiger partial charge in [-0.3, -0.25) is 9.48 Å². The van der Waals surface area contributed by atoms with E-state index in [9.17, 15) is 4.79 Å². The molecular formula is C12H20N4O. The van der Waals surface area contributed by atoms with Gasteiger partial charge in [0.1, 0.15) is 0 Å². The van der Waals surface area contributed by atoms with Crippen LogP contribution in [0, 0.1) is 6.92 Å². The third-order valence-corrected chi connectivity index (χ3v) is 3.09. The second-order valence-electron chi connectivity index (χ2n) is 4.57. The smallest absolute Gasteiger partial charge is 0.242 e. The van der Waals surface area contributed by atoms with Crippen molar-refractivity contribution in [1.82, 2.24) is 14.7 Å². The minimum Gasteiger partial charge on any atom is -0.373 e. The van der Waals surface area contributed by atoms with Gasteiger partial charge in [0.15, 0.2) is 0 Å². The maximum Gasteiger partial charge on any atom is 0.242 e. The van der Waals surface area contributed by atoms with Crippen LogP contribution < -0.4 is 5.32 Å². The number of nitrogens with one attached hydrogen (secondary N) is 1. The van der Waals surface area contributed by atoms with Gasteiger partial charge in [0, 0.05) is 25.8 Å². The Balaban J connectivity index is 1.88. The van der Waals surface area contributed by atoms with Crippen LogP contribution in [0.4, 0.5) is 5.69 Å². The highest BCUT2D eigenvalue weighted by Gasteiger charge is 2.30. The predicted octanol–water partition coefficient (Wildman–Crippen LogP) is 1.15. The van der Waals surface area contributed by atoms with Crippen LogP contribution in [0.15, 0.2) is 6.20 Å². The van der Waals surface area contributed by atoms with Crippen molar-refractivity contribution < 1.29 is 4.79 Å². The summed E-state index contributed by atoms with van der Waals surface area (Å²) in [6.45, 7) is 5.13. The molecule has 1 amide bonds. The first-order valence-corrected chi connectivity index (χ1v) is 6.15. The summed E-state index contributed by atoms with van der Waals surface area (Å²) in [5.41, 5.74) is 1.86. The molecule has 17 heavy (non-hydrogen) atoms. The van der Waals surface area contributed by atoms with Gasteiger partial charge >= 0.3 is 0 Å². The van der Waals surface area contributed by atoms with Gasteiger partial charge in [-0.25, -0.2) is 0 Å². The highest BCUT2D eigenvalue weighted by atomic mass is 16.2. The van der Waals surface area contributed by atoms with Gasteiger partial charge < -0.3 is 10.2 Å². The summed E-state index contributed by atoms with van der Waals surface area (Å²) in [6, 6.07) is 0.490. The molecule has 1 N–H and O–H groups in total. The lowest BCUT2D eigenvalue weighted by Crippen LogP contribution is -2.37. The van der Waals surface area contributed by atoms with Crippen molar-refractivity contribution in [2.45, 2.75) is 32.7 Å². The highest BCUT2D eigenvalue weighted by Crippen LogP contribution is 2.26. The number of likely N-dealkylation sites (N-methyl/N-ethyl adjacent to an activating group) is 1. The molecule has 1 aromatic rings. The van der Waals surface area contributed by atoms with Gasteiger partial charge in [0.25, 0.3) is 0 Å². The average molecular weight is 236 g/mol. The van der Waals surface area contributed by atoms with Gasteiger partial charge in [-0.15, -0.1) is 0 Å². The van der Waals surface area contributed by atoms with Gasteiger partial charge in [-0.2, -0.15) is 5.10 Å². The van der Waals surface area contributed by atoms with Crippen LogP contribution in [0.5, 0.6) is 0 Å². The third-order valence-electron chi connectivity index (χ3n) is 3.09. The molecule has 1 aromatic heterocycles. The first-order chi connectivity index (χ1) is 8.11. The standard InChI is InChI=1S/C12H20N4O/c1-4-16(10-5-6-10)12(17)7-13-11-8-15(3)14-9(11)2/h8,10,13H,4-7H2,1-3H3. The summed E-state index contributed by atoms with van der Waals surface area (Å²) in [4.78, 5) is 13.9. The number of hydrogen-bond donors (Lipinski definition) is 1. The SMILES string of the molecule is CCN(C(=O)CNc1cn(C)nc1C)C1CC1. The first kappa shape index (κ1) is 12.0. The Labute approximate surface area is 102 Å². The molecule has 2 rings (SSSR count). The van der Waals surface area contributed by atoms with Crippen LogP contribution in [0.1, 0.15) is 25.5 Å². The number of carbonyl (C=O) groups excluding carboxylic acids is 1. The molecule has 5 nitrogen and oxygen atoms in total. The zero-order valence-corrected chi connectivity index (χ0v) is 10.7. The number of aryl methyl sites for hydroxylation is 2. The van der Waals surface area contributed by atoms with Gasteiger partial charge in [-0.1, -0.05) is 0 Å². The van der Waals surface area contributed by atoms with E-state index in [2.05, 4.69) is 10.4 Å². The lowest BCUT2D eigenvalue weighted by atomic mass is 10.3. The minimum absolute atomic E-state index is 0.179.